The van der Waals surface area contributed by atoms with Crippen LogP contribution >= 0.6 is 23.4 Å². The number of nitrogens with zero attached hydrogens (tertiary/aromatic N) is 1. The summed E-state index contributed by atoms with van der Waals surface area (Å²) in [7, 11) is 0. The van der Waals surface area contributed by atoms with Gasteiger partial charge >= 0.3 is 0 Å². The zero-order valence-corrected chi connectivity index (χ0v) is 12.6. The Balaban J connectivity index is 2.21. The van der Waals surface area contributed by atoms with E-state index >= 15 is 0 Å². The fourth-order valence-electron chi connectivity index (χ4n) is 1.85. The van der Waals surface area contributed by atoms with E-state index in [-0.39, 0.29) is 5.84 Å². The standard InChI is InChI=1S/C15H15ClN2OS/c1-10-3-2-4-11(7-10)9-20-14-6-5-12(16)8-13(14)15(17)18-19/h2-8,19H,9H2,1H3,(H2,17,18). The summed E-state index contributed by atoms with van der Waals surface area (Å²) in [6.07, 6.45) is 0. The molecule has 0 aliphatic heterocycles. The predicted octanol–water partition coefficient (Wildman–Crippen LogP) is 4.04. The molecule has 0 fully saturated rings. The summed E-state index contributed by atoms with van der Waals surface area (Å²) in [5.74, 6) is 0.883. The molecule has 0 spiro atoms. The third-order valence-corrected chi connectivity index (χ3v) is 4.18. The van der Waals surface area contributed by atoms with Crippen molar-refractivity contribution in [3.63, 3.8) is 0 Å². The molecule has 2 aromatic carbocycles. The molecule has 0 amide bonds. The first-order valence-corrected chi connectivity index (χ1v) is 7.42. The van der Waals surface area contributed by atoms with Crippen molar-refractivity contribution in [3.05, 3.63) is 64.2 Å². The quantitative estimate of drug-likeness (QED) is 0.295. The number of benzene rings is 2. The first-order valence-electron chi connectivity index (χ1n) is 6.06. The van der Waals surface area contributed by atoms with Crippen molar-refractivity contribution < 1.29 is 5.21 Å². The van der Waals surface area contributed by atoms with Crippen LogP contribution in [0.4, 0.5) is 0 Å². The Morgan fingerprint density at radius 2 is 2.10 bits per heavy atom. The van der Waals surface area contributed by atoms with Gasteiger partial charge in [0.15, 0.2) is 5.84 Å². The van der Waals surface area contributed by atoms with Crippen LogP contribution in [0.1, 0.15) is 16.7 Å². The Bertz CT molecular complexity index is 644. The predicted molar refractivity (Wildman–Crippen MR) is 84.7 cm³/mol. The van der Waals surface area contributed by atoms with Crippen LogP contribution in [0.15, 0.2) is 52.5 Å². The number of halogens is 1. The van der Waals surface area contributed by atoms with Gasteiger partial charge < -0.3 is 10.9 Å². The minimum Gasteiger partial charge on any atom is -0.409 e. The number of hydrogen-bond acceptors (Lipinski definition) is 3. The minimum atomic E-state index is 0.0687. The van der Waals surface area contributed by atoms with E-state index in [0.717, 1.165) is 10.6 Å². The number of aryl methyl sites for hydroxylation is 1. The van der Waals surface area contributed by atoms with Crippen LogP contribution in [0.25, 0.3) is 0 Å². The van der Waals surface area contributed by atoms with Crippen LogP contribution in [0.5, 0.6) is 0 Å². The molecule has 0 saturated carbocycles. The molecule has 104 valence electrons. The summed E-state index contributed by atoms with van der Waals surface area (Å²) < 4.78 is 0. The number of nitrogens with two attached hydrogens (primary N) is 1. The van der Waals surface area contributed by atoms with Gasteiger partial charge in [-0.25, -0.2) is 0 Å². The van der Waals surface area contributed by atoms with Crippen molar-refractivity contribution in [2.24, 2.45) is 10.9 Å². The fraction of sp³-hybridized carbons (Fsp3) is 0.133. The van der Waals surface area contributed by atoms with Crippen molar-refractivity contribution in [3.8, 4) is 0 Å². The Labute approximate surface area is 127 Å². The van der Waals surface area contributed by atoms with Gasteiger partial charge in [0, 0.05) is 21.2 Å². The molecular formula is C15H15ClN2OS. The van der Waals surface area contributed by atoms with E-state index < -0.39 is 0 Å². The van der Waals surface area contributed by atoms with Crippen LogP contribution in [0, 0.1) is 6.92 Å². The lowest BCUT2D eigenvalue weighted by Crippen LogP contribution is -2.14. The van der Waals surface area contributed by atoms with Crippen LogP contribution in [0.2, 0.25) is 5.02 Å². The van der Waals surface area contributed by atoms with Gasteiger partial charge in [-0.15, -0.1) is 11.8 Å². The third kappa shape index (κ3) is 3.68. The number of thioether (sulfide) groups is 1. The molecule has 2 aromatic rings. The molecule has 0 unspecified atom stereocenters. The molecule has 0 aliphatic rings. The van der Waals surface area contributed by atoms with Crippen LogP contribution in [-0.2, 0) is 5.75 Å². The Morgan fingerprint density at radius 1 is 1.30 bits per heavy atom. The number of amidine groups is 1. The Kier molecular flexibility index (Phi) is 4.93. The van der Waals surface area contributed by atoms with Gasteiger partial charge in [-0.05, 0) is 30.7 Å². The van der Waals surface area contributed by atoms with Gasteiger partial charge in [0.1, 0.15) is 0 Å². The normalized spacial score (nSPS) is 11.6. The summed E-state index contributed by atoms with van der Waals surface area (Å²) in [5, 5.41) is 12.4. The topological polar surface area (TPSA) is 58.6 Å². The van der Waals surface area contributed by atoms with E-state index in [1.54, 1.807) is 23.9 Å². The molecule has 2 rings (SSSR count). The molecule has 0 radical (unpaired) electrons. The second-order valence-corrected chi connectivity index (χ2v) is 5.86. The van der Waals surface area contributed by atoms with Gasteiger partial charge in [0.2, 0.25) is 0 Å². The molecular weight excluding hydrogens is 292 g/mol. The van der Waals surface area contributed by atoms with E-state index in [4.69, 9.17) is 22.5 Å². The van der Waals surface area contributed by atoms with Gasteiger partial charge in [-0.3, -0.25) is 0 Å². The van der Waals surface area contributed by atoms with Gasteiger partial charge in [-0.1, -0.05) is 46.6 Å². The highest BCUT2D eigenvalue weighted by Crippen LogP contribution is 2.28. The zero-order valence-electron chi connectivity index (χ0n) is 11.0. The minimum absolute atomic E-state index is 0.0687. The first kappa shape index (κ1) is 14.8. The van der Waals surface area contributed by atoms with Crippen molar-refractivity contribution in [2.45, 2.75) is 17.6 Å². The molecule has 0 bridgehead atoms. The summed E-state index contributed by atoms with van der Waals surface area (Å²) >= 11 is 7.59. The van der Waals surface area contributed by atoms with Gasteiger partial charge in [0.05, 0.1) is 0 Å². The molecule has 0 atom stereocenters. The van der Waals surface area contributed by atoms with Crippen LogP contribution in [-0.4, -0.2) is 11.0 Å². The second-order valence-electron chi connectivity index (χ2n) is 4.40. The Morgan fingerprint density at radius 3 is 2.80 bits per heavy atom. The summed E-state index contributed by atoms with van der Waals surface area (Å²) in [5.41, 5.74) is 8.80. The number of rotatable bonds is 4. The van der Waals surface area contributed by atoms with E-state index in [2.05, 4.69) is 30.3 Å². The van der Waals surface area contributed by atoms with Crippen molar-refractivity contribution in [1.82, 2.24) is 0 Å². The molecule has 5 heteroatoms. The van der Waals surface area contributed by atoms with Gasteiger partial charge in [-0.2, -0.15) is 0 Å². The lowest BCUT2D eigenvalue weighted by molar-refractivity contribution is 0.318. The summed E-state index contributed by atoms with van der Waals surface area (Å²) in [6.45, 7) is 2.07. The highest BCUT2D eigenvalue weighted by molar-refractivity contribution is 7.98. The molecule has 3 nitrogen and oxygen atoms in total. The van der Waals surface area contributed by atoms with Gasteiger partial charge in [0.25, 0.3) is 0 Å². The molecule has 3 N–H and O–H groups in total. The first-order chi connectivity index (χ1) is 9.60. The van der Waals surface area contributed by atoms with Crippen molar-refractivity contribution in [2.75, 3.05) is 0 Å². The zero-order chi connectivity index (χ0) is 14.5. The highest BCUT2D eigenvalue weighted by atomic mass is 35.5. The molecule has 0 aromatic heterocycles. The molecule has 20 heavy (non-hydrogen) atoms. The van der Waals surface area contributed by atoms with E-state index in [1.165, 1.54) is 11.1 Å². The van der Waals surface area contributed by atoms with Crippen molar-refractivity contribution in [1.29, 1.82) is 0 Å². The van der Waals surface area contributed by atoms with Crippen LogP contribution in [0.3, 0.4) is 0 Å². The average Bonchev–Trinajstić information content (AvgIpc) is 2.45. The van der Waals surface area contributed by atoms with E-state index in [0.29, 0.717) is 10.6 Å². The monoisotopic (exact) mass is 306 g/mol. The van der Waals surface area contributed by atoms with Crippen LogP contribution < -0.4 is 5.73 Å². The number of hydrogen-bond donors (Lipinski definition) is 2. The lowest BCUT2D eigenvalue weighted by atomic mass is 10.2. The van der Waals surface area contributed by atoms with E-state index in [9.17, 15) is 0 Å². The average molecular weight is 307 g/mol. The Hall–Kier alpha value is -1.65. The molecule has 0 aliphatic carbocycles. The summed E-state index contributed by atoms with van der Waals surface area (Å²) in [6, 6.07) is 13.7. The smallest absolute Gasteiger partial charge is 0.171 e. The highest BCUT2D eigenvalue weighted by Gasteiger charge is 2.09. The third-order valence-electron chi connectivity index (χ3n) is 2.80. The molecule has 0 heterocycles. The largest absolute Gasteiger partial charge is 0.409 e. The SMILES string of the molecule is Cc1cccc(CSc2ccc(Cl)cc2C(N)=NO)c1. The molecule has 0 saturated heterocycles. The lowest BCUT2D eigenvalue weighted by Gasteiger charge is -2.09. The maximum absolute atomic E-state index is 8.84. The summed E-state index contributed by atoms with van der Waals surface area (Å²) in [4.78, 5) is 0.936. The number of oxime groups is 1. The maximum atomic E-state index is 8.84. The van der Waals surface area contributed by atoms with E-state index in [1.807, 2.05) is 12.1 Å². The second kappa shape index (κ2) is 6.68. The maximum Gasteiger partial charge on any atom is 0.171 e. The fourth-order valence-corrected chi connectivity index (χ4v) is 3.00. The van der Waals surface area contributed by atoms with Crippen molar-refractivity contribution >= 4 is 29.2 Å².